The van der Waals surface area contributed by atoms with Crippen LogP contribution in [0.2, 0.25) is 0 Å². The molecule has 10 heavy (non-hydrogen) atoms. The molecule has 0 saturated carbocycles. The number of nitro groups is 1. The van der Waals surface area contributed by atoms with Crippen molar-refractivity contribution in [3.05, 3.63) is 34.4 Å². The third-order valence-electron chi connectivity index (χ3n) is 0.890. The van der Waals surface area contributed by atoms with Gasteiger partial charge in [0.1, 0.15) is 0 Å². The molecular formula is C5H5N3O2. The van der Waals surface area contributed by atoms with E-state index in [0.717, 1.165) is 0 Å². The molecule has 1 aromatic heterocycles. The summed E-state index contributed by atoms with van der Waals surface area (Å²) in [6.07, 6.45) is 2.96. The van der Waals surface area contributed by atoms with Gasteiger partial charge < -0.3 is 0 Å². The lowest BCUT2D eigenvalue weighted by Crippen LogP contribution is -2.02. The Bertz CT molecular complexity index is 224. The summed E-state index contributed by atoms with van der Waals surface area (Å²) < 4.78 is 0. The molecule has 1 heterocycles. The summed E-state index contributed by atoms with van der Waals surface area (Å²) >= 11 is 0. The van der Waals surface area contributed by atoms with Gasteiger partial charge in [0.15, 0.2) is 5.82 Å². The minimum Gasteiger partial charge on any atom is -0.264 e. The third-order valence-corrected chi connectivity index (χ3v) is 0.890. The largest absolute Gasteiger partial charge is 0.264 e. The molecule has 0 fully saturated rings. The lowest BCUT2D eigenvalue weighted by Gasteiger charge is -1.89. The van der Waals surface area contributed by atoms with Crippen LogP contribution in [0, 0.1) is 10.1 Å². The van der Waals surface area contributed by atoms with Crippen molar-refractivity contribution in [2.45, 2.75) is 6.54 Å². The van der Waals surface area contributed by atoms with Crippen LogP contribution in [0.3, 0.4) is 0 Å². The molecule has 0 aliphatic heterocycles. The Hall–Kier alpha value is -1.52. The summed E-state index contributed by atoms with van der Waals surface area (Å²) in [5.41, 5.74) is 0. The average Bonchev–Trinajstić information content (AvgIpc) is 1.88. The molecule has 5 heteroatoms. The molecule has 0 amide bonds. The second-order valence-corrected chi connectivity index (χ2v) is 1.66. The predicted molar refractivity (Wildman–Crippen MR) is 32.7 cm³/mol. The predicted octanol–water partition coefficient (Wildman–Crippen LogP) is 0.253. The van der Waals surface area contributed by atoms with Gasteiger partial charge in [0.2, 0.25) is 0 Å². The highest BCUT2D eigenvalue weighted by molar-refractivity contribution is 4.85. The molecule has 1 aromatic rings. The van der Waals surface area contributed by atoms with E-state index in [4.69, 9.17) is 0 Å². The number of rotatable bonds is 2. The normalized spacial score (nSPS) is 9.20. The lowest BCUT2D eigenvalue weighted by molar-refractivity contribution is -0.498. The molecule has 0 unspecified atom stereocenters. The van der Waals surface area contributed by atoms with Crippen LogP contribution in [-0.2, 0) is 6.54 Å². The van der Waals surface area contributed by atoms with Crippen molar-refractivity contribution in [3.63, 3.8) is 0 Å². The van der Waals surface area contributed by atoms with Crippen molar-refractivity contribution in [2.75, 3.05) is 0 Å². The summed E-state index contributed by atoms with van der Waals surface area (Å²) in [5, 5.41) is 9.89. The summed E-state index contributed by atoms with van der Waals surface area (Å²) in [5.74, 6) is 0.243. The molecule has 52 valence electrons. The minimum absolute atomic E-state index is 0.243. The van der Waals surface area contributed by atoms with Crippen LogP contribution < -0.4 is 0 Å². The monoisotopic (exact) mass is 139 g/mol. The molecule has 0 atom stereocenters. The van der Waals surface area contributed by atoms with Gasteiger partial charge in [-0.1, -0.05) is 0 Å². The molecule has 5 nitrogen and oxygen atoms in total. The van der Waals surface area contributed by atoms with E-state index < -0.39 is 4.92 Å². The zero-order valence-corrected chi connectivity index (χ0v) is 5.10. The second kappa shape index (κ2) is 2.86. The maximum Gasteiger partial charge on any atom is 0.262 e. The number of hydrogen-bond donors (Lipinski definition) is 0. The van der Waals surface area contributed by atoms with Crippen molar-refractivity contribution < 1.29 is 4.92 Å². The van der Waals surface area contributed by atoms with E-state index in [1.807, 2.05) is 0 Å². The Morgan fingerprint density at radius 2 is 2.10 bits per heavy atom. The zero-order valence-electron chi connectivity index (χ0n) is 5.10. The van der Waals surface area contributed by atoms with Crippen LogP contribution in [0.4, 0.5) is 0 Å². The van der Waals surface area contributed by atoms with Gasteiger partial charge in [0.05, 0.1) is 0 Å². The van der Waals surface area contributed by atoms with Gasteiger partial charge in [-0.3, -0.25) is 10.1 Å². The van der Waals surface area contributed by atoms with Gasteiger partial charge in [-0.05, 0) is 6.07 Å². The number of nitrogens with zero attached hydrogens (tertiary/aromatic N) is 3. The lowest BCUT2D eigenvalue weighted by atomic mass is 10.5. The van der Waals surface area contributed by atoms with E-state index >= 15 is 0 Å². The summed E-state index contributed by atoms with van der Waals surface area (Å²) in [6.45, 7) is -0.305. The molecule has 0 radical (unpaired) electrons. The van der Waals surface area contributed by atoms with Crippen molar-refractivity contribution in [3.8, 4) is 0 Å². The molecular weight excluding hydrogens is 134 g/mol. The van der Waals surface area contributed by atoms with Crippen LogP contribution in [0.5, 0.6) is 0 Å². The highest BCUT2D eigenvalue weighted by Gasteiger charge is 2.00. The minimum atomic E-state index is -0.463. The van der Waals surface area contributed by atoms with Gasteiger partial charge in [0.25, 0.3) is 6.54 Å². The van der Waals surface area contributed by atoms with Crippen molar-refractivity contribution in [1.82, 2.24) is 9.97 Å². The first-order valence-electron chi connectivity index (χ1n) is 2.67. The summed E-state index contributed by atoms with van der Waals surface area (Å²) in [7, 11) is 0. The van der Waals surface area contributed by atoms with E-state index in [0.29, 0.717) is 0 Å². The SMILES string of the molecule is O=[N+]([O-])Cc1ncccn1. The molecule has 0 aromatic carbocycles. The van der Waals surface area contributed by atoms with Crippen molar-refractivity contribution in [1.29, 1.82) is 0 Å². The van der Waals surface area contributed by atoms with Crippen LogP contribution in [0.15, 0.2) is 18.5 Å². The Morgan fingerprint density at radius 3 is 2.60 bits per heavy atom. The molecule has 0 N–H and O–H groups in total. The highest BCUT2D eigenvalue weighted by Crippen LogP contribution is 1.88. The van der Waals surface area contributed by atoms with Gasteiger partial charge in [-0.2, -0.15) is 0 Å². The van der Waals surface area contributed by atoms with Crippen LogP contribution in [0.25, 0.3) is 0 Å². The molecule has 1 rings (SSSR count). The third kappa shape index (κ3) is 1.77. The Morgan fingerprint density at radius 1 is 1.50 bits per heavy atom. The first-order chi connectivity index (χ1) is 4.79. The van der Waals surface area contributed by atoms with Gasteiger partial charge in [-0.15, -0.1) is 0 Å². The van der Waals surface area contributed by atoms with Crippen LogP contribution in [-0.4, -0.2) is 14.9 Å². The topological polar surface area (TPSA) is 68.9 Å². The molecule has 0 spiro atoms. The number of aromatic nitrogens is 2. The molecule has 0 saturated heterocycles. The van der Waals surface area contributed by atoms with Crippen molar-refractivity contribution in [2.24, 2.45) is 0 Å². The zero-order chi connectivity index (χ0) is 7.40. The number of hydrogen-bond acceptors (Lipinski definition) is 4. The maximum absolute atomic E-state index is 9.89. The van der Waals surface area contributed by atoms with Gasteiger partial charge in [0, 0.05) is 17.3 Å². The first kappa shape index (κ1) is 6.60. The van der Waals surface area contributed by atoms with E-state index in [9.17, 15) is 10.1 Å². The standard InChI is InChI=1S/C5H5N3O2/c9-8(10)4-5-6-2-1-3-7-5/h1-3H,4H2. The molecule has 0 bridgehead atoms. The molecule has 0 aliphatic rings. The van der Waals surface area contributed by atoms with E-state index in [-0.39, 0.29) is 12.4 Å². The van der Waals surface area contributed by atoms with Crippen molar-refractivity contribution >= 4 is 0 Å². The fraction of sp³-hybridized carbons (Fsp3) is 0.200. The van der Waals surface area contributed by atoms with Crippen LogP contribution >= 0.6 is 0 Å². The Kier molecular flexibility index (Phi) is 1.89. The van der Waals surface area contributed by atoms with Gasteiger partial charge >= 0.3 is 0 Å². The summed E-state index contributed by atoms with van der Waals surface area (Å²) in [6, 6.07) is 1.61. The van der Waals surface area contributed by atoms with E-state index in [2.05, 4.69) is 9.97 Å². The second-order valence-electron chi connectivity index (χ2n) is 1.66. The van der Waals surface area contributed by atoms with Crippen LogP contribution in [0.1, 0.15) is 5.82 Å². The first-order valence-corrected chi connectivity index (χ1v) is 2.67. The fourth-order valence-corrected chi connectivity index (χ4v) is 0.527. The van der Waals surface area contributed by atoms with E-state index in [1.54, 1.807) is 6.07 Å². The highest BCUT2D eigenvalue weighted by atomic mass is 16.6. The molecule has 0 aliphatic carbocycles. The Balaban J connectivity index is 2.67. The quantitative estimate of drug-likeness (QED) is 0.435. The van der Waals surface area contributed by atoms with Gasteiger partial charge in [-0.25, -0.2) is 9.97 Å². The fourth-order valence-electron chi connectivity index (χ4n) is 0.527. The average molecular weight is 139 g/mol. The Labute approximate surface area is 56.9 Å². The summed E-state index contributed by atoms with van der Waals surface area (Å²) in [4.78, 5) is 16.8. The smallest absolute Gasteiger partial charge is 0.262 e. The van der Waals surface area contributed by atoms with E-state index in [1.165, 1.54) is 12.4 Å². The maximum atomic E-state index is 9.89.